The first-order valence-electron chi connectivity index (χ1n) is 11.1. The highest BCUT2D eigenvalue weighted by Gasteiger charge is 2.42. The number of hydrogen-bond acceptors (Lipinski definition) is 6. The maximum Gasteiger partial charge on any atom is 0.382 e. The summed E-state index contributed by atoms with van der Waals surface area (Å²) in [6.07, 6.45) is -0.580. The predicted octanol–water partition coefficient (Wildman–Crippen LogP) is 6.20. The number of rotatable bonds is 8. The van der Waals surface area contributed by atoms with E-state index in [-0.39, 0.29) is 18.9 Å². The molecular weight excluding hydrogens is 515 g/mol. The van der Waals surface area contributed by atoms with Crippen molar-refractivity contribution >= 4 is 29.2 Å². The van der Waals surface area contributed by atoms with Gasteiger partial charge in [-0.2, -0.15) is 8.78 Å². The van der Waals surface area contributed by atoms with Gasteiger partial charge in [-0.1, -0.05) is 36.4 Å². The zero-order chi connectivity index (χ0) is 26.0. The highest BCUT2D eigenvalue weighted by atomic mass is 35.5. The number of carbonyl (C=O) groups is 1. The molecule has 0 saturated carbocycles. The van der Waals surface area contributed by atoms with Gasteiger partial charge < -0.3 is 14.2 Å². The molecule has 2 heterocycles. The van der Waals surface area contributed by atoms with Gasteiger partial charge in [0.1, 0.15) is 24.6 Å². The lowest BCUT2D eigenvalue weighted by molar-refractivity contribution is -0.147. The third-order valence-corrected chi connectivity index (χ3v) is 6.07. The van der Waals surface area contributed by atoms with Crippen molar-refractivity contribution in [2.75, 3.05) is 13.2 Å². The molecule has 0 spiro atoms. The summed E-state index contributed by atoms with van der Waals surface area (Å²) in [7, 11) is 0. The predicted molar refractivity (Wildman–Crippen MR) is 130 cm³/mol. The van der Waals surface area contributed by atoms with E-state index in [0.29, 0.717) is 34.2 Å². The molecule has 1 aliphatic heterocycles. The highest BCUT2D eigenvalue weighted by molar-refractivity contribution is 6.30. The number of halogens is 4. The molecule has 0 aliphatic carbocycles. The minimum absolute atomic E-state index is 0.0128. The average molecular weight is 538 g/mol. The van der Waals surface area contributed by atoms with E-state index in [2.05, 4.69) is 16.8 Å². The number of nitrogens with zero attached hydrogens (tertiary/aromatic N) is 3. The monoisotopic (exact) mass is 537 g/mol. The van der Waals surface area contributed by atoms with Crippen LogP contribution in [0.5, 0.6) is 5.75 Å². The second-order valence-corrected chi connectivity index (χ2v) is 8.91. The van der Waals surface area contributed by atoms with E-state index in [1.807, 2.05) is 13.0 Å². The third-order valence-electron chi connectivity index (χ3n) is 5.67. The summed E-state index contributed by atoms with van der Waals surface area (Å²) in [5, 5.41) is 4.11. The van der Waals surface area contributed by atoms with Crippen molar-refractivity contribution in [2.24, 2.45) is 0 Å². The lowest BCUT2D eigenvalue weighted by Crippen LogP contribution is -2.18. The van der Waals surface area contributed by atoms with Crippen molar-refractivity contribution < 1.29 is 27.8 Å². The van der Waals surface area contributed by atoms with Gasteiger partial charge in [0, 0.05) is 10.6 Å². The molecule has 1 aromatic heterocycles. The van der Waals surface area contributed by atoms with Crippen molar-refractivity contribution in [3.8, 4) is 11.4 Å². The Balaban J connectivity index is 1.95. The first-order valence-corrected chi connectivity index (χ1v) is 11.9. The summed E-state index contributed by atoms with van der Waals surface area (Å²) in [6, 6.07) is 10.2. The van der Waals surface area contributed by atoms with E-state index >= 15 is 0 Å². The summed E-state index contributed by atoms with van der Waals surface area (Å²) < 4.78 is 47.3. The topological polar surface area (TPSA) is 75.5 Å². The molecule has 0 saturated heterocycles. The lowest BCUT2D eigenvalue weighted by Gasteiger charge is -2.24. The number of carbonyl (C=O) groups excluding carboxylic acids is 1. The quantitative estimate of drug-likeness (QED) is 0.193. The van der Waals surface area contributed by atoms with Crippen LogP contribution >= 0.6 is 23.2 Å². The number of esters is 1. The molecule has 190 valence electrons. The van der Waals surface area contributed by atoms with E-state index in [4.69, 9.17) is 37.4 Å². The minimum atomic E-state index is -3.84. The van der Waals surface area contributed by atoms with Gasteiger partial charge in [-0.05, 0) is 60.8 Å². The Bertz CT molecular complexity index is 1290. The van der Waals surface area contributed by atoms with Crippen LogP contribution < -0.4 is 4.74 Å². The SMILES string of the molecule is C=CCOc1cccc([C@H]2O[C@H](CC(=O)OCC)c3nnc(C(F)(F)Cl)n3-c3ccc(Cl)cc32)c1C. The smallest absolute Gasteiger partial charge is 0.382 e. The van der Waals surface area contributed by atoms with Crippen LogP contribution in [0.4, 0.5) is 8.78 Å². The van der Waals surface area contributed by atoms with Gasteiger partial charge >= 0.3 is 11.4 Å². The molecule has 0 unspecified atom stereocenters. The molecule has 1 aliphatic rings. The third kappa shape index (κ3) is 5.09. The van der Waals surface area contributed by atoms with Crippen molar-refractivity contribution in [1.29, 1.82) is 0 Å². The van der Waals surface area contributed by atoms with Gasteiger partial charge in [-0.25, -0.2) is 0 Å². The Morgan fingerprint density at radius 2 is 2.06 bits per heavy atom. The summed E-state index contributed by atoms with van der Waals surface area (Å²) in [6.45, 7) is 7.62. The Kier molecular flexibility index (Phi) is 7.63. The molecule has 0 radical (unpaired) electrons. The first-order chi connectivity index (χ1) is 17.2. The summed E-state index contributed by atoms with van der Waals surface area (Å²) >= 11 is 11.7. The van der Waals surface area contributed by atoms with Crippen LogP contribution in [0.1, 0.15) is 53.9 Å². The van der Waals surface area contributed by atoms with Gasteiger partial charge in [0.2, 0.25) is 5.82 Å². The molecule has 11 heteroatoms. The van der Waals surface area contributed by atoms with Crippen LogP contribution in [0.2, 0.25) is 5.02 Å². The molecular formula is C25H23Cl2F2N3O4. The summed E-state index contributed by atoms with van der Waals surface area (Å²) in [5.41, 5.74) is 2.20. The largest absolute Gasteiger partial charge is 0.489 e. The Hall–Kier alpha value is -3.01. The lowest BCUT2D eigenvalue weighted by atomic mass is 9.95. The molecule has 0 amide bonds. The summed E-state index contributed by atoms with van der Waals surface area (Å²) in [4.78, 5) is 12.5. The van der Waals surface area contributed by atoms with Crippen LogP contribution in [0.25, 0.3) is 5.69 Å². The fraction of sp³-hybridized carbons (Fsp3) is 0.320. The van der Waals surface area contributed by atoms with Crippen LogP contribution in [-0.4, -0.2) is 33.9 Å². The van der Waals surface area contributed by atoms with Crippen molar-refractivity contribution in [3.63, 3.8) is 0 Å². The zero-order valence-electron chi connectivity index (χ0n) is 19.5. The van der Waals surface area contributed by atoms with Crippen LogP contribution in [0, 0.1) is 6.92 Å². The second-order valence-electron chi connectivity index (χ2n) is 8.00. The molecule has 2 atom stereocenters. The highest BCUT2D eigenvalue weighted by Crippen LogP contribution is 2.45. The van der Waals surface area contributed by atoms with Crippen molar-refractivity contribution in [2.45, 2.75) is 37.9 Å². The number of hydrogen-bond donors (Lipinski definition) is 0. The maximum absolute atomic E-state index is 14.4. The number of alkyl halides is 3. The fourth-order valence-corrected chi connectivity index (χ4v) is 4.44. The molecule has 0 fully saturated rings. The second kappa shape index (κ2) is 10.5. The zero-order valence-corrected chi connectivity index (χ0v) is 21.0. The molecule has 0 N–H and O–H groups in total. The van der Waals surface area contributed by atoms with Crippen LogP contribution in [0.15, 0.2) is 49.1 Å². The van der Waals surface area contributed by atoms with E-state index < -0.39 is 29.4 Å². The molecule has 7 nitrogen and oxygen atoms in total. The molecule has 36 heavy (non-hydrogen) atoms. The van der Waals surface area contributed by atoms with Gasteiger partial charge in [-0.3, -0.25) is 9.36 Å². The van der Waals surface area contributed by atoms with Gasteiger partial charge in [-0.15, -0.1) is 10.2 Å². The first kappa shape index (κ1) is 26.1. The normalized spacial score (nSPS) is 17.1. The van der Waals surface area contributed by atoms with E-state index in [9.17, 15) is 13.6 Å². The van der Waals surface area contributed by atoms with Gasteiger partial charge in [0.05, 0.1) is 18.7 Å². The van der Waals surface area contributed by atoms with E-state index in [1.165, 1.54) is 0 Å². The number of ether oxygens (including phenoxy) is 3. The Morgan fingerprint density at radius 1 is 1.28 bits per heavy atom. The molecule has 3 aromatic rings. The van der Waals surface area contributed by atoms with E-state index in [1.54, 1.807) is 43.3 Å². The van der Waals surface area contributed by atoms with Crippen LogP contribution in [-0.2, 0) is 19.6 Å². The standard InChI is InChI=1S/C25H23Cl2F2N3O4/c1-4-11-35-19-8-6-7-16(14(19)3)22-17-12-15(26)9-10-18(17)32-23(30-31-24(32)25(27,28)29)20(36-22)13-21(33)34-5-2/h4,6-10,12,20,22H,1,5,11,13H2,2-3H3/t20-,22-/m1/s1. The molecule has 0 bridgehead atoms. The summed E-state index contributed by atoms with van der Waals surface area (Å²) in [5.74, 6) is -0.807. The number of fused-ring (bicyclic) bond motifs is 3. The Labute approximate surface area is 216 Å². The molecule has 2 aromatic carbocycles. The Morgan fingerprint density at radius 3 is 2.75 bits per heavy atom. The minimum Gasteiger partial charge on any atom is -0.489 e. The molecule has 4 rings (SSSR count). The number of aromatic nitrogens is 3. The maximum atomic E-state index is 14.4. The average Bonchev–Trinajstić information content (AvgIpc) is 3.22. The van der Waals surface area contributed by atoms with Crippen molar-refractivity contribution in [3.05, 3.63) is 82.4 Å². The van der Waals surface area contributed by atoms with Crippen LogP contribution in [0.3, 0.4) is 0 Å². The van der Waals surface area contributed by atoms with E-state index in [0.717, 1.165) is 10.1 Å². The fourth-order valence-electron chi connectivity index (χ4n) is 4.14. The van der Waals surface area contributed by atoms with Gasteiger partial charge in [0.25, 0.3) is 0 Å². The van der Waals surface area contributed by atoms with Crippen molar-refractivity contribution in [1.82, 2.24) is 14.8 Å². The van der Waals surface area contributed by atoms with Gasteiger partial charge in [0.15, 0.2) is 5.82 Å². The number of benzene rings is 2.